The van der Waals surface area contributed by atoms with Crippen LogP contribution in [0.15, 0.2) is 0 Å². The van der Waals surface area contributed by atoms with E-state index in [9.17, 15) is 5.11 Å². The third-order valence-electron chi connectivity index (χ3n) is 3.22. The Kier molecular flexibility index (Phi) is 1.46. The van der Waals surface area contributed by atoms with Crippen molar-refractivity contribution in [2.45, 2.75) is 31.8 Å². The van der Waals surface area contributed by atoms with E-state index in [2.05, 4.69) is 5.32 Å². The number of hydrogen-bond acceptors (Lipinski definition) is 2. The molecule has 2 rings (SSSR count). The van der Waals surface area contributed by atoms with Crippen molar-refractivity contribution in [3.63, 3.8) is 0 Å². The molecule has 0 amide bonds. The minimum Gasteiger partial charge on any atom is -0.393 e. The zero-order valence-corrected chi connectivity index (χ0v) is 6.27. The number of piperidine rings is 1. The largest absolute Gasteiger partial charge is 0.393 e. The molecule has 0 aromatic rings. The standard InChI is InChI=1S/C8H15NO/c10-7-1-2-8(7)3-5-9-6-4-8/h7,9-10H,1-6H2/t7-/m1/s1. The van der Waals surface area contributed by atoms with Crippen LogP contribution in [0.2, 0.25) is 0 Å². The Labute approximate surface area is 61.6 Å². The van der Waals surface area contributed by atoms with E-state index in [4.69, 9.17) is 0 Å². The molecule has 58 valence electrons. The summed E-state index contributed by atoms with van der Waals surface area (Å²) in [5, 5.41) is 12.8. The molecule has 2 heteroatoms. The van der Waals surface area contributed by atoms with Gasteiger partial charge in [0.25, 0.3) is 0 Å². The molecule has 1 heterocycles. The third kappa shape index (κ3) is 0.789. The van der Waals surface area contributed by atoms with Crippen molar-refractivity contribution in [1.82, 2.24) is 5.32 Å². The molecule has 1 aliphatic heterocycles. The van der Waals surface area contributed by atoms with Crippen molar-refractivity contribution in [3.8, 4) is 0 Å². The summed E-state index contributed by atoms with van der Waals surface area (Å²) in [5.41, 5.74) is 0.352. The Morgan fingerprint density at radius 3 is 2.20 bits per heavy atom. The number of rotatable bonds is 0. The van der Waals surface area contributed by atoms with E-state index in [1.165, 1.54) is 19.3 Å². The summed E-state index contributed by atoms with van der Waals surface area (Å²) in [5.74, 6) is 0. The average molecular weight is 141 g/mol. The van der Waals surface area contributed by atoms with Crippen LogP contribution in [0.1, 0.15) is 25.7 Å². The van der Waals surface area contributed by atoms with Crippen molar-refractivity contribution in [1.29, 1.82) is 0 Å². The van der Waals surface area contributed by atoms with E-state index in [0.29, 0.717) is 5.41 Å². The number of aliphatic hydroxyl groups excluding tert-OH is 1. The lowest BCUT2D eigenvalue weighted by atomic mass is 9.61. The Hall–Kier alpha value is -0.0800. The molecule has 10 heavy (non-hydrogen) atoms. The molecule has 0 unspecified atom stereocenters. The highest BCUT2D eigenvalue weighted by molar-refractivity contribution is 4.98. The maximum Gasteiger partial charge on any atom is 0.0597 e. The highest BCUT2D eigenvalue weighted by atomic mass is 16.3. The van der Waals surface area contributed by atoms with Crippen molar-refractivity contribution in [3.05, 3.63) is 0 Å². The maximum absolute atomic E-state index is 9.50. The summed E-state index contributed by atoms with van der Waals surface area (Å²) in [4.78, 5) is 0. The summed E-state index contributed by atoms with van der Waals surface area (Å²) in [6.07, 6.45) is 4.70. The maximum atomic E-state index is 9.50. The average Bonchev–Trinajstić information content (AvgIpc) is 2.04. The van der Waals surface area contributed by atoms with Gasteiger partial charge < -0.3 is 10.4 Å². The van der Waals surface area contributed by atoms with Crippen molar-refractivity contribution < 1.29 is 5.11 Å². The molecule has 0 aromatic carbocycles. The van der Waals surface area contributed by atoms with Gasteiger partial charge in [0.1, 0.15) is 0 Å². The highest BCUT2D eigenvalue weighted by Gasteiger charge is 2.45. The summed E-state index contributed by atoms with van der Waals surface area (Å²) in [6, 6.07) is 0. The van der Waals surface area contributed by atoms with Gasteiger partial charge in [-0.25, -0.2) is 0 Å². The lowest BCUT2D eigenvalue weighted by Gasteiger charge is -2.49. The van der Waals surface area contributed by atoms with E-state index in [0.717, 1.165) is 19.5 Å². The lowest BCUT2D eigenvalue weighted by Crippen LogP contribution is -2.51. The smallest absolute Gasteiger partial charge is 0.0597 e. The lowest BCUT2D eigenvalue weighted by molar-refractivity contribution is -0.0826. The molecule has 1 spiro atoms. The van der Waals surface area contributed by atoms with Crippen LogP contribution in [-0.2, 0) is 0 Å². The van der Waals surface area contributed by atoms with E-state index in [1.807, 2.05) is 0 Å². The normalized spacial score (nSPS) is 37.5. The second-order valence-corrected chi connectivity index (χ2v) is 3.67. The molecule has 0 bridgehead atoms. The first kappa shape index (κ1) is 6.62. The predicted octanol–water partition coefficient (Wildman–Crippen LogP) is 0.511. The van der Waals surface area contributed by atoms with E-state index in [1.54, 1.807) is 0 Å². The van der Waals surface area contributed by atoms with Gasteiger partial charge in [0, 0.05) is 0 Å². The Morgan fingerprint density at radius 1 is 1.20 bits per heavy atom. The molecule has 2 fully saturated rings. The van der Waals surface area contributed by atoms with Crippen LogP contribution in [0.3, 0.4) is 0 Å². The second kappa shape index (κ2) is 2.21. The fourth-order valence-electron chi connectivity index (χ4n) is 2.19. The summed E-state index contributed by atoms with van der Waals surface area (Å²) in [6.45, 7) is 2.22. The zero-order valence-electron chi connectivity index (χ0n) is 6.27. The molecule has 0 radical (unpaired) electrons. The van der Waals surface area contributed by atoms with Crippen LogP contribution < -0.4 is 5.32 Å². The van der Waals surface area contributed by atoms with Crippen molar-refractivity contribution in [2.24, 2.45) is 5.41 Å². The van der Waals surface area contributed by atoms with Crippen LogP contribution >= 0.6 is 0 Å². The Balaban J connectivity index is 1.99. The van der Waals surface area contributed by atoms with E-state index in [-0.39, 0.29) is 6.10 Å². The molecular formula is C8H15NO. The first-order valence-electron chi connectivity index (χ1n) is 4.22. The van der Waals surface area contributed by atoms with Crippen LogP contribution in [0.4, 0.5) is 0 Å². The zero-order chi connectivity index (χ0) is 7.03. The quantitative estimate of drug-likeness (QED) is 0.515. The Bertz CT molecular complexity index is 129. The summed E-state index contributed by atoms with van der Waals surface area (Å²) < 4.78 is 0. The summed E-state index contributed by atoms with van der Waals surface area (Å²) >= 11 is 0. The first-order chi connectivity index (χ1) is 4.83. The Morgan fingerprint density at radius 2 is 1.90 bits per heavy atom. The highest BCUT2D eigenvalue weighted by Crippen LogP contribution is 2.47. The van der Waals surface area contributed by atoms with Gasteiger partial charge in [-0.1, -0.05) is 0 Å². The molecular weight excluding hydrogens is 126 g/mol. The van der Waals surface area contributed by atoms with Gasteiger partial charge >= 0.3 is 0 Å². The fraction of sp³-hybridized carbons (Fsp3) is 1.00. The van der Waals surface area contributed by atoms with Crippen LogP contribution in [-0.4, -0.2) is 24.3 Å². The number of hydrogen-bond donors (Lipinski definition) is 2. The monoisotopic (exact) mass is 141 g/mol. The molecule has 2 N–H and O–H groups in total. The first-order valence-corrected chi connectivity index (χ1v) is 4.22. The molecule has 2 aliphatic rings. The predicted molar refractivity (Wildman–Crippen MR) is 39.8 cm³/mol. The second-order valence-electron chi connectivity index (χ2n) is 3.67. The third-order valence-corrected chi connectivity index (χ3v) is 3.22. The van der Waals surface area contributed by atoms with Crippen LogP contribution in [0, 0.1) is 5.41 Å². The topological polar surface area (TPSA) is 32.3 Å². The van der Waals surface area contributed by atoms with Crippen LogP contribution in [0.25, 0.3) is 0 Å². The minimum atomic E-state index is 0.0228. The van der Waals surface area contributed by atoms with Crippen molar-refractivity contribution in [2.75, 3.05) is 13.1 Å². The SMILES string of the molecule is O[C@@H]1CCC12CCNCC2. The van der Waals surface area contributed by atoms with Gasteiger partial charge in [-0.2, -0.15) is 0 Å². The molecule has 2 nitrogen and oxygen atoms in total. The number of aliphatic hydroxyl groups is 1. The molecule has 0 aromatic heterocycles. The van der Waals surface area contributed by atoms with Gasteiger partial charge in [0.2, 0.25) is 0 Å². The molecule has 1 aliphatic carbocycles. The van der Waals surface area contributed by atoms with Crippen molar-refractivity contribution >= 4 is 0 Å². The van der Waals surface area contributed by atoms with Gasteiger partial charge in [0.15, 0.2) is 0 Å². The van der Waals surface area contributed by atoms with Gasteiger partial charge in [0.05, 0.1) is 6.10 Å². The number of nitrogens with one attached hydrogen (secondary N) is 1. The van der Waals surface area contributed by atoms with Gasteiger partial charge in [-0.05, 0) is 44.2 Å². The fourth-order valence-corrected chi connectivity index (χ4v) is 2.19. The van der Waals surface area contributed by atoms with Gasteiger partial charge in [-0.15, -0.1) is 0 Å². The minimum absolute atomic E-state index is 0.0228. The molecule has 1 saturated carbocycles. The molecule has 1 atom stereocenters. The molecule has 1 saturated heterocycles. The van der Waals surface area contributed by atoms with E-state index >= 15 is 0 Å². The van der Waals surface area contributed by atoms with E-state index < -0.39 is 0 Å². The van der Waals surface area contributed by atoms with Gasteiger partial charge in [-0.3, -0.25) is 0 Å². The van der Waals surface area contributed by atoms with Crippen LogP contribution in [0.5, 0.6) is 0 Å². The summed E-state index contributed by atoms with van der Waals surface area (Å²) in [7, 11) is 0.